The van der Waals surface area contributed by atoms with Crippen LogP contribution in [0.2, 0.25) is 0 Å². The maximum atomic E-state index is 6.37. The van der Waals surface area contributed by atoms with Gasteiger partial charge in [0.25, 0.3) is 0 Å². The third kappa shape index (κ3) is 5.22. The maximum absolute atomic E-state index is 6.37. The van der Waals surface area contributed by atoms with E-state index >= 15 is 0 Å². The van der Waals surface area contributed by atoms with Crippen LogP contribution in [0.25, 0.3) is 55.3 Å². The average molecular weight is 643 g/mol. The number of halogens is 1. The molecule has 45 heavy (non-hydrogen) atoms. The molecule has 0 spiro atoms. The summed E-state index contributed by atoms with van der Waals surface area (Å²) in [4.78, 5) is 2.31. The Hall–Kier alpha value is -5.38. The van der Waals surface area contributed by atoms with Gasteiger partial charge < -0.3 is 9.32 Å². The number of anilines is 3. The van der Waals surface area contributed by atoms with Gasteiger partial charge in [-0.25, -0.2) is 0 Å². The predicted molar refractivity (Wildman–Crippen MR) is 192 cm³/mol. The Labute approximate surface area is 271 Å². The van der Waals surface area contributed by atoms with E-state index in [1.165, 1.54) is 22.3 Å². The average Bonchev–Trinajstić information content (AvgIpc) is 3.48. The highest BCUT2D eigenvalue weighted by Gasteiger charge is 2.16. The fourth-order valence-electron chi connectivity index (χ4n) is 6.11. The van der Waals surface area contributed by atoms with Crippen molar-refractivity contribution in [2.75, 3.05) is 4.90 Å². The maximum Gasteiger partial charge on any atom is 0.143 e. The number of furan rings is 1. The lowest BCUT2D eigenvalue weighted by Gasteiger charge is -2.26. The predicted octanol–water partition coefficient (Wildman–Crippen LogP) is 12.8. The number of rotatable bonds is 6. The SMILES string of the molecule is Brc1cc(-c2ccc(N(c3ccc(-c4ccccc4)cc3)c3ccc(-c4ccccc4)cc3)cc2)c2oc3ccccc3c2c1. The van der Waals surface area contributed by atoms with Crippen molar-refractivity contribution in [2.45, 2.75) is 0 Å². The van der Waals surface area contributed by atoms with Gasteiger partial charge in [-0.3, -0.25) is 0 Å². The monoisotopic (exact) mass is 641 g/mol. The first-order valence-corrected chi connectivity index (χ1v) is 15.8. The van der Waals surface area contributed by atoms with Gasteiger partial charge in [0.2, 0.25) is 0 Å². The fraction of sp³-hybridized carbons (Fsp3) is 0. The molecule has 0 saturated heterocycles. The van der Waals surface area contributed by atoms with E-state index < -0.39 is 0 Å². The van der Waals surface area contributed by atoms with Crippen LogP contribution >= 0.6 is 15.9 Å². The molecule has 0 bridgehead atoms. The molecule has 0 unspecified atom stereocenters. The van der Waals surface area contributed by atoms with Gasteiger partial charge in [-0.15, -0.1) is 0 Å². The van der Waals surface area contributed by atoms with Crippen molar-refractivity contribution in [1.82, 2.24) is 0 Å². The molecule has 0 saturated carbocycles. The zero-order valence-electron chi connectivity index (χ0n) is 24.4. The molecule has 0 aliphatic carbocycles. The van der Waals surface area contributed by atoms with Gasteiger partial charge >= 0.3 is 0 Å². The Morgan fingerprint density at radius 3 is 1.38 bits per heavy atom. The minimum Gasteiger partial charge on any atom is -0.455 e. The van der Waals surface area contributed by atoms with Gasteiger partial charge in [-0.2, -0.15) is 0 Å². The first kappa shape index (κ1) is 27.2. The zero-order chi connectivity index (χ0) is 30.2. The first-order valence-electron chi connectivity index (χ1n) is 15.0. The van der Waals surface area contributed by atoms with Crippen molar-refractivity contribution in [3.05, 3.63) is 174 Å². The van der Waals surface area contributed by atoms with Crippen molar-refractivity contribution in [3.63, 3.8) is 0 Å². The van der Waals surface area contributed by atoms with Crippen LogP contribution in [0.4, 0.5) is 17.1 Å². The summed E-state index contributed by atoms with van der Waals surface area (Å²) in [6, 6.07) is 59.9. The van der Waals surface area contributed by atoms with Crippen molar-refractivity contribution >= 4 is 54.9 Å². The molecule has 8 rings (SSSR count). The topological polar surface area (TPSA) is 16.4 Å². The second-order valence-corrected chi connectivity index (χ2v) is 12.1. The molecule has 2 nitrogen and oxygen atoms in total. The van der Waals surface area contributed by atoms with Gasteiger partial charge in [0, 0.05) is 37.9 Å². The molecular formula is C42H28BrNO. The lowest BCUT2D eigenvalue weighted by Crippen LogP contribution is -2.09. The highest BCUT2D eigenvalue weighted by Crippen LogP contribution is 2.41. The van der Waals surface area contributed by atoms with Crippen molar-refractivity contribution < 1.29 is 4.42 Å². The highest BCUT2D eigenvalue weighted by atomic mass is 79.9. The van der Waals surface area contributed by atoms with Crippen LogP contribution in [-0.4, -0.2) is 0 Å². The van der Waals surface area contributed by atoms with E-state index in [1.54, 1.807) is 0 Å². The quantitative estimate of drug-likeness (QED) is 0.179. The summed E-state index contributed by atoms with van der Waals surface area (Å²) in [6.45, 7) is 0. The number of para-hydroxylation sites is 1. The van der Waals surface area contributed by atoms with Gasteiger partial charge in [0.1, 0.15) is 11.2 Å². The highest BCUT2D eigenvalue weighted by molar-refractivity contribution is 9.10. The summed E-state index contributed by atoms with van der Waals surface area (Å²) in [5.41, 5.74) is 12.0. The van der Waals surface area contributed by atoms with Gasteiger partial charge in [-0.05, 0) is 82.4 Å². The minimum absolute atomic E-state index is 0.896. The van der Waals surface area contributed by atoms with E-state index in [-0.39, 0.29) is 0 Å². The molecule has 3 heteroatoms. The van der Waals surface area contributed by atoms with Gasteiger partial charge in [-0.1, -0.05) is 131 Å². The largest absolute Gasteiger partial charge is 0.455 e. The normalized spacial score (nSPS) is 11.2. The molecule has 0 fully saturated rings. The van der Waals surface area contributed by atoms with E-state index in [1.807, 2.05) is 12.1 Å². The third-order valence-electron chi connectivity index (χ3n) is 8.34. The van der Waals surface area contributed by atoms with Crippen LogP contribution in [0, 0.1) is 0 Å². The van der Waals surface area contributed by atoms with Crippen molar-refractivity contribution in [1.29, 1.82) is 0 Å². The molecule has 0 radical (unpaired) electrons. The van der Waals surface area contributed by atoms with Crippen molar-refractivity contribution in [2.24, 2.45) is 0 Å². The number of fused-ring (bicyclic) bond motifs is 3. The summed E-state index contributed by atoms with van der Waals surface area (Å²) in [7, 11) is 0. The van der Waals surface area contributed by atoms with E-state index in [0.29, 0.717) is 0 Å². The van der Waals surface area contributed by atoms with Crippen LogP contribution in [0.3, 0.4) is 0 Å². The van der Waals surface area contributed by atoms with E-state index in [4.69, 9.17) is 4.42 Å². The molecule has 0 aliphatic rings. The summed E-state index contributed by atoms with van der Waals surface area (Å²) in [5, 5.41) is 2.23. The van der Waals surface area contributed by atoms with E-state index in [0.717, 1.165) is 54.6 Å². The summed E-state index contributed by atoms with van der Waals surface area (Å²) >= 11 is 3.75. The van der Waals surface area contributed by atoms with Crippen molar-refractivity contribution in [3.8, 4) is 33.4 Å². The molecule has 1 aromatic heterocycles. The summed E-state index contributed by atoms with van der Waals surface area (Å²) in [6.07, 6.45) is 0. The summed E-state index contributed by atoms with van der Waals surface area (Å²) < 4.78 is 7.40. The molecule has 8 aromatic rings. The Morgan fingerprint density at radius 2 is 0.844 bits per heavy atom. The zero-order valence-corrected chi connectivity index (χ0v) is 26.0. The van der Waals surface area contributed by atoms with Crippen LogP contribution < -0.4 is 4.90 Å². The van der Waals surface area contributed by atoms with E-state index in [9.17, 15) is 0 Å². The second-order valence-electron chi connectivity index (χ2n) is 11.1. The Morgan fingerprint density at radius 1 is 0.400 bits per heavy atom. The summed E-state index contributed by atoms with van der Waals surface area (Å²) in [5.74, 6) is 0. The molecule has 0 atom stereocenters. The smallest absolute Gasteiger partial charge is 0.143 e. The standard InChI is InChI=1S/C42H28BrNO/c43-34-27-39(42-40(28-34)38-13-7-8-14-41(38)45-42)33-19-25-37(26-20-33)44(35-21-15-31(16-22-35)29-9-3-1-4-10-29)36-23-17-32(18-24-36)30-11-5-2-6-12-30/h1-28H. The first-order chi connectivity index (χ1) is 22.2. The molecule has 1 heterocycles. The van der Waals surface area contributed by atoms with Gasteiger partial charge in [0.05, 0.1) is 0 Å². The van der Waals surface area contributed by atoms with Gasteiger partial charge in [0.15, 0.2) is 0 Å². The number of nitrogens with zero attached hydrogens (tertiary/aromatic N) is 1. The molecule has 0 amide bonds. The molecule has 214 valence electrons. The molecule has 7 aromatic carbocycles. The van der Waals surface area contributed by atoms with Crippen LogP contribution in [0.5, 0.6) is 0 Å². The third-order valence-corrected chi connectivity index (χ3v) is 8.80. The number of hydrogen-bond donors (Lipinski definition) is 0. The lowest BCUT2D eigenvalue weighted by molar-refractivity contribution is 0.670. The molecule has 0 N–H and O–H groups in total. The number of hydrogen-bond acceptors (Lipinski definition) is 2. The second kappa shape index (κ2) is 11.6. The Balaban J connectivity index is 1.21. The molecule has 0 aliphatic heterocycles. The fourth-order valence-corrected chi connectivity index (χ4v) is 6.57. The van der Waals surface area contributed by atoms with Crippen LogP contribution in [0.1, 0.15) is 0 Å². The van der Waals surface area contributed by atoms with E-state index in [2.05, 4.69) is 179 Å². The minimum atomic E-state index is 0.896. The molecular weight excluding hydrogens is 614 g/mol. The van der Waals surface area contributed by atoms with Crippen LogP contribution in [-0.2, 0) is 0 Å². The lowest BCUT2D eigenvalue weighted by atomic mass is 10.0. The Kier molecular flexibility index (Phi) is 7.01. The number of benzene rings is 7. The van der Waals surface area contributed by atoms with Crippen LogP contribution in [0.15, 0.2) is 179 Å². The Bertz CT molecular complexity index is 2150.